The summed E-state index contributed by atoms with van der Waals surface area (Å²) in [5.74, 6) is 0.757. The molecule has 0 bridgehead atoms. The van der Waals surface area contributed by atoms with E-state index in [2.05, 4.69) is 46.1 Å². The summed E-state index contributed by atoms with van der Waals surface area (Å²) in [4.78, 5) is 25.8. The number of rotatable bonds is 7. The van der Waals surface area contributed by atoms with Gasteiger partial charge >= 0.3 is 0 Å². The summed E-state index contributed by atoms with van der Waals surface area (Å²) in [5.41, 5.74) is 3.58. The van der Waals surface area contributed by atoms with Crippen molar-refractivity contribution >= 4 is 27.8 Å². The number of benzene rings is 1. The highest BCUT2D eigenvalue weighted by molar-refractivity contribution is 9.10. The van der Waals surface area contributed by atoms with E-state index in [1.54, 1.807) is 12.4 Å². The summed E-state index contributed by atoms with van der Waals surface area (Å²) >= 11 is 3.55. The van der Waals surface area contributed by atoms with Gasteiger partial charge in [0.05, 0.1) is 21.5 Å². The van der Waals surface area contributed by atoms with Gasteiger partial charge in [-0.1, -0.05) is 0 Å². The average Bonchev–Trinajstić information content (AvgIpc) is 3.10. The van der Waals surface area contributed by atoms with E-state index in [0.29, 0.717) is 12.1 Å². The first-order valence-corrected chi connectivity index (χ1v) is 11.7. The molecule has 1 fully saturated rings. The molecule has 3 heterocycles. The molecule has 0 unspecified atom stereocenters. The topological polar surface area (TPSA) is 79.2 Å². The van der Waals surface area contributed by atoms with Gasteiger partial charge in [0.1, 0.15) is 0 Å². The molecule has 1 aliphatic heterocycles. The molecule has 0 spiro atoms. The maximum Gasteiger partial charge on any atom is 0.251 e. The normalized spacial score (nSPS) is 14.5. The van der Waals surface area contributed by atoms with Crippen LogP contribution < -0.4 is 10.2 Å². The molecule has 9 heteroatoms. The van der Waals surface area contributed by atoms with Crippen LogP contribution in [0.15, 0.2) is 47.2 Å². The minimum Gasteiger partial charge on any atom is -0.352 e. The molecular weight excluding hydrogens is 470 g/mol. The summed E-state index contributed by atoms with van der Waals surface area (Å²) < 4.78 is 2.89. The second-order valence-electron chi connectivity index (χ2n) is 7.93. The predicted octanol–water partition coefficient (Wildman–Crippen LogP) is 2.98. The number of aryl methyl sites for hydroxylation is 1. The fourth-order valence-corrected chi connectivity index (χ4v) is 4.11. The van der Waals surface area contributed by atoms with E-state index in [1.807, 2.05) is 48.9 Å². The molecule has 1 amide bonds. The highest BCUT2D eigenvalue weighted by Gasteiger charge is 2.18. The Morgan fingerprint density at radius 2 is 1.75 bits per heavy atom. The first-order chi connectivity index (χ1) is 15.5. The highest BCUT2D eigenvalue weighted by atomic mass is 79.9. The molecule has 32 heavy (non-hydrogen) atoms. The van der Waals surface area contributed by atoms with Crippen molar-refractivity contribution in [2.45, 2.75) is 20.3 Å². The molecule has 4 rings (SSSR count). The SMILES string of the molecule is Cc1nn(-c2ccc(C(=O)NCCCN3CCN(c4ncccn4)CC3)cc2)c(C)c1Br. The zero-order valence-corrected chi connectivity index (χ0v) is 20.0. The van der Waals surface area contributed by atoms with Crippen molar-refractivity contribution in [3.8, 4) is 5.69 Å². The Bertz CT molecular complexity index is 1040. The minimum atomic E-state index is -0.0443. The van der Waals surface area contributed by atoms with E-state index in [-0.39, 0.29) is 5.91 Å². The van der Waals surface area contributed by atoms with E-state index < -0.39 is 0 Å². The standard InChI is InChI=1S/C23H28BrN7O/c1-17-21(24)18(2)31(28-17)20-7-5-19(6-8-20)22(32)25-11-4-12-29-13-15-30(16-14-29)23-26-9-3-10-27-23/h3,5-10H,4,11-16H2,1-2H3,(H,25,32). The number of nitrogens with zero attached hydrogens (tertiary/aromatic N) is 6. The van der Waals surface area contributed by atoms with E-state index >= 15 is 0 Å². The van der Waals surface area contributed by atoms with E-state index in [0.717, 1.165) is 66.6 Å². The molecule has 0 radical (unpaired) electrons. The Kier molecular flexibility index (Phi) is 7.16. The molecular formula is C23H28BrN7O. The van der Waals surface area contributed by atoms with E-state index in [4.69, 9.17) is 0 Å². The first-order valence-electron chi connectivity index (χ1n) is 10.9. The third-order valence-electron chi connectivity index (χ3n) is 5.72. The minimum absolute atomic E-state index is 0.0443. The molecule has 1 N–H and O–H groups in total. The van der Waals surface area contributed by atoms with Gasteiger partial charge in [0.15, 0.2) is 0 Å². The van der Waals surface area contributed by atoms with Gasteiger partial charge in [-0.25, -0.2) is 14.6 Å². The number of hydrogen-bond acceptors (Lipinski definition) is 6. The molecule has 168 valence electrons. The first kappa shape index (κ1) is 22.4. The molecule has 3 aromatic rings. The summed E-state index contributed by atoms with van der Waals surface area (Å²) in [6.07, 6.45) is 4.48. The Balaban J connectivity index is 1.20. The zero-order chi connectivity index (χ0) is 22.5. The number of carbonyl (C=O) groups excluding carboxylic acids is 1. The quantitative estimate of drug-likeness (QED) is 0.505. The fourth-order valence-electron chi connectivity index (χ4n) is 3.86. The average molecular weight is 498 g/mol. The molecule has 1 aromatic carbocycles. The van der Waals surface area contributed by atoms with Gasteiger partial charge < -0.3 is 10.2 Å². The maximum atomic E-state index is 12.5. The lowest BCUT2D eigenvalue weighted by Gasteiger charge is -2.34. The number of hydrogen-bond donors (Lipinski definition) is 1. The lowest BCUT2D eigenvalue weighted by molar-refractivity contribution is 0.0951. The number of aromatic nitrogens is 4. The summed E-state index contributed by atoms with van der Waals surface area (Å²) in [6.45, 7) is 9.42. The van der Waals surface area contributed by atoms with Gasteiger partial charge in [-0.05, 0) is 73.1 Å². The number of nitrogens with one attached hydrogen (secondary N) is 1. The molecule has 2 aromatic heterocycles. The Labute approximate surface area is 196 Å². The third kappa shape index (κ3) is 5.16. The smallest absolute Gasteiger partial charge is 0.251 e. The van der Waals surface area contributed by atoms with Gasteiger partial charge in [0, 0.05) is 50.7 Å². The Morgan fingerprint density at radius 3 is 2.38 bits per heavy atom. The van der Waals surface area contributed by atoms with Crippen LogP contribution in [0.5, 0.6) is 0 Å². The van der Waals surface area contributed by atoms with Gasteiger partial charge in [-0.3, -0.25) is 9.69 Å². The van der Waals surface area contributed by atoms with Gasteiger partial charge in [0.25, 0.3) is 5.91 Å². The van der Waals surface area contributed by atoms with E-state index in [1.165, 1.54) is 0 Å². The zero-order valence-electron chi connectivity index (χ0n) is 18.5. The predicted molar refractivity (Wildman–Crippen MR) is 128 cm³/mol. The van der Waals surface area contributed by atoms with Gasteiger partial charge in [-0.15, -0.1) is 0 Å². The van der Waals surface area contributed by atoms with Gasteiger partial charge in [-0.2, -0.15) is 5.10 Å². The van der Waals surface area contributed by atoms with Crippen LogP contribution in [0, 0.1) is 13.8 Å². The fraction of sp³-hybridized carbons (Fsp3) is 0.391. The molecule has 0 aliphatic carbocycles. The van der Waals surface area contributed by atoms with Crippen LogP contribution in [-0.4, -0.2) is 69.8 Å². The van der Waals surface area contributed by atoms with Crippen LogP contribution in [-0.2, 0) is 0 Å². The maximum absolute atomic E-state index is 12.5. The van der Waals surface area contributed by atoms with Crippen molar-refractivity contribution in [3.63, 3.8) is 0 Å². The Morgan fingerprint density at radius 1 is 1.06 bits per heavy atom. The number of carbonyl (C=O) groups is 1. The molecule has 1 aliphatic rings. The van der Waals surface area contributed by atoms with Crippen molar-refractivity contribution in [1.29, 1.82) is 0 Å². The number of halogens is 1. The summed E-state index contributed by atoms with van der Waals surface area (Å²) in [6, 6.07) is 9.38. The van der Waals surface area contributed by atoms with E-state index in [9.17, 15) is 4.79 Å². The van der Waals surface area contributed by atoms with Crippen LogP contribution in [0.4, 0.5) is 5.95 Å². The summed E-state index contributed by atoms with van der Waals surface area (Å²) in [7, 11) is 0. The second kappa shape index (κ2) is 10.2. The molecule has 1 saturated heterocycles. The molecule has 0 atom stereocenters. The monoisotopic (exact) mass is 497 g/mol. The van der Waals surface area contributed by atoms with Crippen molar-refractivity contribution in [2.24, 2.45) is 0 Å². The van der Waals surface area contributed by atoms with Crippen molar-refractivity contribution < 1.29 is 4.79 Å². The van der Waals surface area contributed by atoms with Crippen LogP contribution in [0.25, 0.3) is 5.69 Å². The van der Waals surface area contributed by atoms with Gasteiger partial charge in [0.2, 0.25) is 5.95 Å². The molecule has 0 saturated carbocycles. The van der Waals surface area contributed by atoms with Crippen LogP contribution in [0.3, 0.4) is 0 Å². The second-order valence-corrected chi connectivity index (χ2v) is 8.72. The Hall–Kier alpha value is -2.78. The lowest BCUT2D eigenvalue weighted by atomic mass is 10.2. The largest absolute Gasteiger partial charge is 0.352 e. The number of amides is 1. The van der Waals surface area contributed by atoms with Crippen molar-refractivity contribution in [1.82, 2.24) is 30.0 Å². The van der Waals surface area contributed by atoms with Crippen LogP contribution in [0.1, 0.15) is 28.2 Å². The van der Waals surface area contributed by atoms with Crippen molar-refractivity contribution in [2.75, 3.05) is 44.2 Å². The summed E-state index contributed by atoms with van der Waals surface area (Å²) in [5, 5.41) is 7.57. The molecule has 8 nitrogen and oxygen atoms in total. The lowest BCUT2D eigenvalue weighted by Crippen LogP contribution is -2.47. The van der Waals surface area contributed by atoms with Crippen LogP contribution in [0.2, 0.25) is 0 Å². The van der Waals surface area contributed by atoms with Crippen LogP contribution >= 0.6 is 15.9 Å². The van der Waals surface area contributed by atoms with Crippen molar-refractivity contribution in [3.05, 3.63) is 64.1 Å². The third-order valence-corrected chi connectivity index (χ3v) is 6.87. The number of piperazine rings is 1. The number of anilines is 1. The highest BCUT2D eigenvalue weighted by Crippen LogP contribution is 2.23.